The highest BCUT2D eigenvalue weighted by molar-refractivity contribution is 6.16. The molecule has 0 unspecified atom stereocenters. The lowest BCUT2D eigenvalue weighted by atomic mass is 10.2. The molecule has 0 bridgehead atoms. The van der Waals surface area contributed by atoms with Crippen LogP contribution in [-0.4, -0.2) is 14.8 Å². The molecule has 0 saturated carbocycles. The van der Waals surface area contributed by atoms with Gasteiger partial charge < -0.3 is 0 Å². The largest absolute Gasteiger partial charge is 0.278 e. The number of rotatable bonds is 3. The first-order valence-corrected chi connectivity index (χ1v) is 6.76. The Labute approximate surface area is 124 Å². The highest BCUT2D eigenvalue weighted by Gasteiger charge is 2.19. The second kappa shape index (κ2) is 5.61. The summed E-state index contributed by atoms with van der Waals surface area (Å²) in [6.07, 6.45) is 0. The number of aromatic nitrogens is 3. The fourth-order valence-corrected chi connectivity index (χ4v) is 2.28. The molecule has 0 saturated heterocycles. The van der Waals surface area contributed by atoms with Crippen LogP contribution in [0.25, 0.3) is 17.1 Å². The average Bonchev–Trinajstić information content (AvgIpc) is 2.94. The summed E-state index contributed by atoms with van der Waals surface area (Å²) in [5.41, 5.74) is 0.777. The lowest BCUT2D eigenvalue weighted by Crippen LogP contribution is -2.03. The molecule has 0 amide bonds. The van der Waals surface area contributed by atoms with E-state index in [0.717, 1.165) is 11.8 Å². The van der Waals surface area contributed by atoms with Crippen LogP contribution in [0, 0.1) is 11.6 Å². The Bertz CT molecular complexity index is 772. The Kier molecular flexibility index (Phi) is 3.66. The molecule has 0 radical (unpaired) electrons. The van der Waals surface area contributed by atoms with E-state index >= 15 is 0 Å². The van der Waals surface area contributed by atoms with Crippen molar-refractivity contribution in [3.8, 4) is 17.1 Å². The monoisotopic (exact) mass is 305 g/mol. The van der Waals surface area contributed by atoms with E-state index in [2.05, 4.69) is 10.2 Å². The zero-order valence-electron chi connectivity index (χ0n) is 10.8. The molecule has 21 heavy (non-hydrogen) atoms. The van der Waals surface area contributed by atoms with Crippen molar-refractivity contribution in [2.75, 3.05) is 0 Å². The van der Waals surface area contributed by atoms with E-state index in [9.17, 15) is 8.78 Å². The average molecular weight is 306 g/mol. The van der Waals surface area contributed by atoms with Gasteiger partial charge in [0.1, 0.15) is 0 Å². The second-order valence-corrected chi connectivity index (χ2v) is 4.61. The summed E-state index contributed by atoms with van der Waals surface area (Å²) in [7, 11) is 0. The van der Waals surface area contributed by atoms with Gasteiger partial charge in [-0.15, -0.1) is 21.8 Å². The first-order valence-electron chi connectivity index (χ1n) is 6.22. The molecule has 0 aliphatic carbocycles. The van der Waals surface area contributed by atoms with E-state index in [1.54, 1.807) is 4.57 Å². The maximum atomic E-state index is 14.0. The molecule has 0 N–H and O–H groups in total. The van der Waals surface area contributed by atoms with Crippen molar-refractivity contribution in [3.05, 3.63) is 66.0 Å². The number of hydrogen-bond acceptors (Lipinski definition) is 2. The maximum Gasteiger partial charge on any atom is 0.171 e. The summed E-state index contributed by atoms with van der Waals surface area (Å²) in [6.45, 7) is 0. The molecular weight excluding hydrogens is 296 g/mol. The third-order valence-electron chi connectivity index (χ3n) is 3.06. The Hall–Kier alpha value is -2.27. The van der Waals surface area contributed by atoms with Gasteiger partial charge in [0, 0.05) is 5.69 Å². The summed E-state index contributed by atoms with van der Waals surface area (Å²) in [5, 5.41) is 7.91. The van der Waals surface area contributed by atoms with Gasteiger partial charge >= 0.3 is 0 Å². The molecule has 1 aromatic heterocycles. The number of hydrogen-bond donors (Lipinski definition) is 0. The van der Waals surface area contributed by atoms with E-state index in [0.29, 0.717) is 5.82 Å². The van der Waals surface area contributed by atoms with E-state index in [4.69, 9.17) is 11.6 Å². The first kappa shape index (κ1) is 13.7. The van der Waals surface area contributed by atoms with Gasteiger partial charge in [-0.3, -0.25) is 4.57 Å². The lowest BCUT2D eigenvalue weighted by molar-refractivity contribution is 0.510. The number of nitrogens with zero attached hydrogens (tertiary/aromatic N) is 3. The van der Waals surface area contributed by atoms with Gasteiger partial charge in [0.15, 0.2) is 23.3 Å². The van der Waals surface area contributed by atoms with Crippen LogP contribution in [0.15, 0.2) is 48.5 Å². The van der Waals surface area contributed by atoms with E-state index in [1.165, 1.54) is 12.1 Å². The lowest BCUT2D eigenvalue weighted by Gasteiger charge is -2.10. The third kappa shape index (κ3) is 2.40. The predicted molar refractivity (Wildman–Crippen MR) is 76.3 cm³/mol. The molecule has 0 aliphatic heterocycles. The van der Waals surface area contributed by atoms with Crippen molar-refractivity contribution in [2.24, 2.45) is 0 Å². The highest BCUT2D eigenvalue weighted by atomic mass is 35.5. The molecule has 6 heteroatoms. The number of halogens is 3. The fraction of sp³-hybridized carbons (Fsp3) is 0.0667. The van der Waals surface area contributed by atoms with Crippen LogP contribution in [0.5, 0.6) is 0 Å². The van der Waals surface area contributed by atoms with Gasteiger partial charge in [-0.05, 0) is 24.3 Å². The normalized spacial score (nSPS) is 10.8. The Morgan fingerprint density at radius 2 is 1.71 bits per heavy atom. The molecule has 0 atom stereocenters. The summed E-state index contributed by atoms with van der Waals surface area (Å²) < 4.78 is 29.1. The molecule has 3 rings (SSSR count). The maximum absolute atomic E-state index is 14.0. The molecule has 2 aromatic carbocycles. The van der Waals surface area contributed by atoms with Gasteiger partial charge in [-0.2, -0.15) is 0 Å². The van der Waals surface area contributed by atoms with Crippen LogP contribution >= 0.6 is 11.6 Å². The van der Waals surface area contributed by atoms with Crippen molar-refractivity contribution in [2.45, 2.75) is 5.88 Å². The number of benzene rings is 2. The van der Waals surface area contributed by atoms with Crippen molar-refractivity contribution in [3.63, 3.8) is 0 Å². The van der Waals surface area contributed by atoms with Gasteiger partial charge in [0.2, 0.25) is 0 Å². The Morgan fingerprint density at radius 1 is 0.952 bits per heavy atom. The minimum absolute atomic E-state index is 0.0442. The zero-order valence-corrected chi connectivity index (χ0v) is 11.6. The summed E-state index contributed by atoms with van der Waals surface area (Å²) in [4.78, 5) is 0. The summed E-state index contributed by atoms with van der Waals surface area (Å²) >= 11 is 5.86. The van der Waals surface area contributed by atoms with Crippen molar-refractivity contribution in [1.82, 2.24) is 14.8 Å². The SMILES string of the molecule is Fc1cccc(-c2nnc(CCl)n2-c2ccccc2)c1F. The smallest absolute Gasteiger partial charge is 0.171 e. The summed E-state index contributed by atoms with van der Waals surface area (Å²) in [5.74, 6) is -1.10. The van der Waals surface area contributed by atoms with E-state index in [-0.39, 0.29) is 17.3 Å². The molecule has 106 valence electrons. The number of para-hydroxylation sites is 1. The molecule has 3 aromatic rings. The molecular formula is C15H10ClF2N3. The minimum Gasteiger partial charge on any atom is -0.278 e. The quantitative estimate of drug-likeness (QED) is 0.686. The second-order valence-electron chi connectivity index (χ2n) is 4.35. The van der Waals surface area contributed by atoms with E-state index in [1.807, 2.05) is 30.3 Å². The minimum atomic E-state index is -0.955. The van der Waals surface area contributed by atoms with E-state index < -0.39 is 11.6 Å². The number of alkyl halides is 1. The van der Waals surface area contributed by atoms with Gasteiger partial charge in [-0.25, -0.2) is 8.78 Å². The highest BCUT2D eigenvalue weighted by Crippen LogP contribution is 2.26. The topological polar surface area (TPSA) is 30.7 Å². The molecule has 3 nitrogen and oxygen atoms in total. The third-order valence-corrected chi connectivity index (χ3v) is 3.30. The molecule has 0 fully saturated rings. The summed E-state index contributed by atoms with van der Waals surface area (Å²) in [6, 6.07) is 13.1. The molecule has 0 spiro atoms. The van der Waals surface area contributed by atoms with Crippen LogP contribution < -0.4 is 0 Å². The van der Waals surface area contributed by atoms with Gasteiger partial charge in [0.05, 0.1) is 11.4 Å². The molecule has 0 aliphatic rings. The van der Waals surface area contributed by atoms with Crippen LogP contribution in [0.2, 0.25) is 0 Å². The standard InChI is InChI=1S/C15H10ClF2N3/c16-9-13-19-20-15(11-7-4-8-12(17)14(11)18)21(13)10-5-2-1-3-6-10/h1-8H,9H2. The van der Waals surface area contributed by atoms with Crippen LogP contribution in [0.1, 0.15) is 5.82 Å². The van der Waals surface area contributed by atoms with Crippen LogP contribution in [0.3, 0.4) is 0 Å². The van der Waals surface area contributed by atoms with Crippen LogP contribution in [0.4, 0.5) is 8.78 Å². The van der Waals surface area contributed by atoms with Crippen molar-refractivity contribution in [1.29, 1.82) is 0 Å². The Morgan fingerprint density at radius 3 is 2.43 bits per heavy atom. The van der Waals surface area contributed by atoms with Crippen molar-refractivity contribution < 1.29 is 8.78 Å². The molecule has 1 heterocycles. The fourth-order valence-electron chi connectivity index (χ4n) is 2.10. The zero-order chi connectivity index (χ0) is 14.8. The Balaban J connectivity index is 2.25. The van der Waals surface area contributed by atoms with Crippen molar-refractivity contribution >= 4 is 11.6 Å². The first-order chi connectivity index (χ1) is 10.2. The predicted octanol–water partition coefficient (Wildman–Crippen LogP) is 3.95. The van der Waals surface area contributed by atoms with Gasteiger partial charge in [-0.1, -0.05) is 24.3 Å². The van der Waals surface area contributed by atoms with Gasteiger partial charge in [0.25, 0.3) is 0 Å². The van der Waals surface area contributed by atoms with Crippen LogP contribution in [-0.2, 0) is 5.88 Å².